The molecule has 1 aromatic heterocycles. The molecule has 2 heterocycles. The summed E-state index contributed by atoms with van der Waals surface area (Å²) in [4.78, 5) is 42.8. The molecule has 1 atom stereocenters. The summed E-state index contributed by atoms with van der Waals surface area (Å²) in [6.07, 6.45) is 3.84. The molecule has 2 aromatic carbocycles. The van der Waals surface area contributed by atoms with Gasteiger partial charge in [0, 0.05) is 12.0 Å². The number of H-pyrrole nitrogens is 1. The number of carbonyl (C=O) groups excluding carboxylic acids is 3. The second-order valence-electron chi connectivity index (χ2n) is 9.73. The van der Waals surface area contributed by atoms with E-state index in [0.717, 1.165) is 17.7 Å². The monoisotopic (exact) mass is 621 g/mol. The molecule has 1 aliphatic heterocycles. The van der Waals surface area contributed by atoms with E-state index in [2.05, 4.69) is 9.72 Å². The van der Waals surface area contributed by atoms with E-state index in [9.17, 15) is 23.2 Å². The summed E-state index contributed by atoms with van der Waals surface area (Å²) in [7, 11) is 1.37. The number of amides is 2. The van der Waals surface area contributed by atoms with Gasteiger partial charge in [-0.3, -0.25) is 19.3 Å². The van der Waals surface area contributed by atoms with Gasteiger partial charge in [-0.05, 0) is 48.6 Å². The number of aromatic amines is 1. The molecule has 220 valence electrons. The number of pyridine rings is 1. The highest BCUT2D eigenvalue weighted by Gasteiger charge is 2.40. The zero-order chi connectivity index (χ0) is 30.0. The minimum absolute atomic E-state index is 0.0227. The lowest BCUT2D eigenvalue weighted by molar-refractivity contribution is -0.377. The number of methoxy groups -OCH3 is 1. The highest BCUT2D eigenvalue weighted by molar-refractivity contribution is 6.35. The fourth-order valence-corrected chi connectivity index (χ4v) is 5.08. The van der Waals surface area contributed by atoms with Gasteiger partial charge in [-0.1, -0.05) is 35.3 Å². The van der Waals surface area contributed by atoms with Gasteiger partial charge in [0.05, 0.1) is 24.8 Å². The van der Waals surface area contributed by atoms with E-state index < -0.39 is 37.0 Å². The molecule has 9 nitrogen and oxygen atoms in total. The number of alkyl halides is 2. The quantitative estimate of drug-likeness (QED) is 0.199. The van der Waals surface area contributed by atoms with Crippen molar-refractivity contribution in [3.05, 3.63) is 81.1 Å². The second kappa shape index (κ2) is 12.5. The van der Waals surface area contributed by atoms with Crippen molar-refractivity contribution in [1.29, 1.82) is 0 Å². The van der Waals surface area contributed by atoms with Crippen molar-refractivity contribution in [3.63, 3.8) is 0 Å². The highest BCUT2D eigenvalue weighted by Crippen LogP contribution is 2.38. The Bertz CT molecular complexity index is 1510. The van der Waals surface area contributed by atoms with Crippen molar-refractivity contribution in [1.82, 2.24) is 4.90 Å². The van der Waals surface area contributed by atoms with Crippen molar-refractivity contribution in [2.75, 3.05) is 20.3 Å². The van der Waals surface area contributed by atoms with Crippen LogP contribution in [0.1, 0.15) is 50.8 Å². The maximum absolute atomic E-state index is 13.2. The molecule has 0 saturated heterocycles. The maximum atomic E-state index is 13.2. The summed E-state index contributed by atoms with van der Waals surface area (Å²) >= 11 is 12.7. The molecule has 0 bridgehead atoms. The molecule has 42 heavy (non-hydrogen) atoms. The molecule has 2 aliphatic rings. The van der Waals surface area contributed by atoms with E-state index in [0.29, 0.717) is 23.7 Å². The van der Waals surface area contributed by atoms with Gasteiger partial charge in [0.2, 0.25) is 0 Å². The average molecular weight is 622 g/mol. The molecule has 2 amide bonds. The minimum atomic E-state index is -3.08. The molecule has 1 fully saturated rings. The number of nitrogens with zero attached hydrogens (tertiary/aromatic N) is 1. The molecule has 0 spiro atoms. The predicted octanol–water partition coefficient (Wildman–Crippen LogP) is 5.33. The van der Waals surface area contributed by atoms with Crippen LogP contribution in [0.3, 0.4) is 0 Å². The molecule has 0 radical (unpaired) electrons. The van der Waals surface area contributed by atoms with Gasteiger partial charge < -0.3 is 18.9 Å². The topological polar surface area (TPSA) is 106 Å². The minimum Gasteiger partial charge on any atom is -0.496 e. The van der Waals surface area contributed by atoms with Crippen LogP contribution in [0, 0.1) is 5.92 Å². The summed E-state index contributed by atoms with van der Waals surface area (Å²) in [6.45, 7) is -3.46. The van der Waals surface area contributed by atoms with Crippen LogP contribution in [0.2, 0.25) is 10.0 Å². The van der Waals surface area contributed by atoms with Crippen LogP contribution in [-0.2, 0) is 16.0 Å². The van der Waals surface area contributed by atoms with Crippen molar-refractivity contribution < 1.29 is 47.1 Å². The van der Waals surface area contributed by atoms with Crippen molar-refractivity contribution in [2.45, 2.75) is 32.0 Å². The van der Waals surface area contributed by atoms with Crippen LogP contribution < -0.4 is 19.2 Å². The Morgan fingerprint density at radius 3 is 2.45 bits per heavy atom. The van der Waals surface area contributed by atoms with Crippen molar-refractivity contribution in [2.24, 2.45) is 5.92 Å². The van der Waals surface area contributed by atoms with E-state index in [1.165, 1.54) is 49.8 Å². The smallest absolute Gasteiger partial charge is 0.387 e. The first-order chi connectivity index (χ1) is 20.2. The SMILES string of the molecule is COc1cccc2c1C(=O)N(CC(=O)O[C@@H](Cc1c(Cl)c[nH+]cc1Cl)c1ccc(OC(F)F)c(OCC3CC3)c1)C2=O. The van der Waals surface area contributed by atoms with Crippen LogP contribution in [0.4, 0.5) is 8.78 Å². The lowest BCUT2D eigenvalue weighted by atomic mass is 10.0. The average Bonchev–Trinajstić information content (AvgIpc) is 3.76. The Morgan fingerprint density at radius 1 is 1.05 bits per heavy atom. The first-order valence-corrected chi connectivity index (χ1v) is 13.7. The van der Waals surface area contributed by atoms with Gasteiger partial charge in [0.25, 0.3) is 11.8 Å². The summed E-state index contributed by atoms with van der Waals surface area (Å²) in [6, 6.07) is 8.76. The lowest BCUT2D eigenvalue weighted by Crippen LogP contribution is -2.36. The molecule has 3 aromatic rings. The normalized spacial score (nSPS) is 15.0. The number of halogens is 4. The van der Waals surface area contributed by atoms with Gasteiger partial charge in [-0.15, -0.1) is 0 Å². The number of benzene rings is 2. The fraction of sp³-hybridized carbons (Fsp3) is 0.310. The number of esters is 1. The third-order valence-corrected chi connectivity index (χ3v) is 7.53. The van der Waals surface area contributed by atoms with Gasteiger partial charge in [-0.25, -0.2) is 4.98 Å². The van der Waals surface area contributed by atoms with Gasteiger partial charge in [0.1, 0.15) is 28.4 Å². The number of hydrogen-bond acceptors (Lipinski definition) is 7. The van der Waals surface area contributed by atoms with Crippen molar-refractivity contribution in [3.8, 4) is 17.2 Å². The maximum Gasteiger partial charge on any atom is 0.387 e. The summed E-state index contributed by atoms with van der Waals surface area (Å²) < 4.78 is 47.6. The van der Waals surface area contributed by atoms with Crippen LogP contribution in [0.25, 0.3) is 0 Å². The lowest BCUT2D eigenvalue weighted by Gasteiger charge is -2.22. The second-order valence-corrected chi connectivity index (χ2v) is 10.5. The number of imide groups is 1. The molecule has 1 saturated carbocycles. The van der Waals surface area contributed by atoms with Crippen molar-refractivity contribution >= 4 is 41.0 Å². The number of hydrogen-bond donors (Lipinski definition) is 0. The van der Waals surface area contributed by atoms with E-state index in [1.54, 1.807) is 6.07 Å². The number of carbonyl (C=O) groups is 3. The molecule has 13 heteroatoms. The van der Waals surface area contributed by atoms with Crippen LogP contribution in [-0.4, -0.2) is 49.6 Å². The summed E-state index contributed by atoms with van der Waals surface area (Å²) in [5.74, 6) is -1.88. The Morgan fingerprint density at radius 2 is 1.79 bits per heavy atom. The van der Waals surface area contributed by atoms with Gasteiger partial charge in [-0.2, -0.15) is 8.78 Å². The molecule has 1 aliphatic carbocycles. The zero-order valence-corrected chi connectivity index (χ0v) is 23.7. The Hall–Kier alpha value is -3.96. The Balaban J connectivity index is 1.43. The first-order valence-electron chi connectivity index (χ1n) is 12.9. The number of ether oxygens (including phenoxy) is 4. The van der Waals surface area contributed by atoms with E-state index >= 15 is 0 Å². The standard InChI is InChI=1S/C29H24Cl2F2N2O7/c1-39-22-4-2-3-17-26(22)28(38)35(27(17)37)13-25(36)41-23(10-18-19(30)11-34-12-20(18)31)16-7-8-21(42-29(32)33)24(9-16)40-14-15-5-6-15/h2-4,7-9,11-12,15,23,29H,5-6,10,13-14H2,1H3/p+1/t23-/m0/s1. The Labute approximate surface area is 249 Å². The predicted molar refractivity (Wildman–Crippen MR) is 145 cm³/mol. The van der Waals surface area contributed by atoms with E-state index in [1.807, 2.05) is 0 Å². The Kier molecular flexibility index (Phi) is 8.79. The molecule has 0 unspecified atom stereocenters. The number of aromatic nitrogens is 1. The third kappa shape index (κ3) is 6.42. The van der Waals surface area contributed by atoms with Crippen LogP contribution in [0.15, 0.2) is 48.8 Å². The van der Waals surface area contributed by atoms with Gasteiger partial charge in [0.15, 0.2) is 23.9 Å². The number of nitrogens with one attached hydrogen (secondary N) is 1. The fourth-order valence-electron chi connectivity index (χ4n) is 4.55. The van der Waals surface area contributed by atoms with E-state index in [-0.39, 0.29) is 44.8 Å². The largest absolute Gasteiger partial charge is 0.496 e. The summed E-state index contributed by atoms with van der Waals surface area (Å²) in [5.41, 5.74) is 0.962. The molecule has 1 N–H and O–H groups in total. The highest BCUT2D eigenvalue weighted by atomic mass is 35.5. The molecular weight excluding hydrogens is 597 g/mol. The van der Waals surface area contributed by atoms with Crippen LogP contribution in [0.5, 0.6) is 17.2 Å². The van der Waals surface area contributed by atoms with Crippen LogP contribution >= 0.6 is 23.2 Å². The third-order valence-electron chi connectivity index (χ3n) is 6.85. The first kappa shape index (κ1) is 29.5. The summed E-state index contributed by atoms with van der Waals surface area (Å²) in [5, 5.41) is 0.526. The molecular formula is C29H25Cl2F2N2O7+. The zero-order valence-electron chi connectivity index (χ0n) is 22.2. The molecule has 5 rings (SSSR count). The van der Waals surface area contributed by atoms with Gasteiger partial charge >= 0.3 is 12.6 Å². The number of fused-ring (bicyclic) bond motifs is 1. The number of rotatable bonds is 12. The van der Waals surface area contributed by atoms with E-state index in [4.69, 9.17) is 37.4 Å².